The Morgan fingerprint density at radius 2 is 1.86 bits per heavy atom. The van der Waals surface area contributed by atoms with E-state index in [1.807, 2.05) is 0 Å². The Hall–Kier alpha value is 0.491. The van der Waals surface area contributed by atoms with E-state index in [1.165, 1.54) is 12.1 Å². The van der Waals surface area contributed by atoms with Crippen molar-refractivity contribution in [2.45, 2.75) is 0 Å². The molecule has 0 fully saturated rings. The van der Waals surface area contributed by atoms with E-state index in [9.17, 15) is 12.9 Å². The van der Waals surface area contributed by atoms with Crippen molar-refractivity contribution in [2.75, 3.05) is 0 Å². The Kier molecular flexibility index (Phi) is 5.74. The van der Waals surface area contributed by atoms with Crippen molar-refractivity contribution < 1.29 is 64.3 Å². The van der Waals surface area contributed by atoms with Crippen LogP contribution in [0, 0.1) is 11.3 Å². The third kappa shape index (κ3) is 3.57. The summed E-state index contributed by atoms with van der Waals surface area (Å²) >= 11 is 5.38. The van der Waals surface area contributed by atoms with Gasteiger partial charge in [0.2, 0.25) is 0 Å². The maximum absolute atomic E-state index is 12.3. The first-order valence-corrected chi connectivity index (χ1v) is 3.72. The first-order chi connectivity index (χ1) is 5.95. The third-order valence-corrected chi connectivity index (χ3v) is 1.72. The van der Waals surface area contributed by atoms with Crippen molar-refractivity contribution in [1.29, 1.82) is 5.26 Å². The summed E-state index contributed by atoms with van der Waals surface area (Å²) < 4.78 is 36.8. The zero-order chi connectivity index (χ0) is 10.1. The molecule has 0 radical (unpaired) electrons. The van der Waals surface area contributed by atoms with E-state index >= 15 is 0 Å². The van der Waals surface area contributed by atoms with Gasteiger partial charge in [-0.05, 0) is 12.1 Å². The minimum Gasteiger partial charge on any atom is -0.445 e. The summed E-state index contributed by atoms with van der Waals surface area (Å²) in [6, 6.07) is 4.55. The van der Waals surface area contributed by atoms with Gasteiger partial charge in [-0.1, -0.05) is 23.1 Å². The summed E-state index contributed by atoms with van der Waals surface area (Å²) in [5.41, 5.74) is -1.33. The van der Waals surface area contributed by atoms with E-state index in [0.29, 0.717) is 0 Å². The summed E-state index contributed by atoms with van der Waals surface area (Å²) in [6.07, 6.45) is 0. The maximum Gasteiger partial charge on any atom is 1.00 e. The molecule has 0 atom stereocenters. The molecule has 0 N–H and O–H groups in total. The molecule has 0 amide bonds. The number of hydrogen-bond donors (Lipinski definition) is 0. The second-order valence-electron chi connectivity index (χ2n) is 2.42. The summed E-state index contributed by atoms with van der Waals surface area (Å²) in [4.78, 5) is 0. The van der Waals surface area contributed by atoms with Crippen LogP contribution in [0.2, 0.25) is 5.02 Å². The molecule has 0 saturated carbocycles. The maximum atomic E-state index is 12.3. The van der Waals surface area contributed by atoms with Gasteiger partial charge in [0, 0.05) is 10.6 Å². The smallest absolute Gasteiger partial charge is 0.445 e. The predicted molar refractivity (Wildman–Crippen MR) is 44.9 cm³/mol. The van der Waals surface area contributed by atoms with Crippen LogP contribution in [0.4, 0.5) is 12.9 Å². The SMILES string of the molecule is N#Cc1ccc(Cl)cc1[B-](F)(F)F.[K+]. The molecule has 0 aliphatic heterocycles. The van der Waals surface area contributed by atoms with Crippen LogP contribution in [0.25, 0.3) is 0 Å². The Bertz CT molecular complexity index is 374. The average molecular weight is 243 g/mol. The van der Waals surface area contributed by atoms with Gasteiger partial charge in [0.1, 0.15) is 0 Å². The molecule has 14 heavy (non-hydrogen) atoms. The Morgan fingerprint density at radius 3 is 2.29 bits per heavy atom. The third-order valence-electron chi connectivity index (χ3n) is 1.49. The van der Waals surface area contributed by atoms with Gasteiger partial charge in [0.25, 0.3) is 0 Å². The monoisotopic (exact) mass is 243 g/mol. The molecule has 0 unspecified atom stereocenters. The molecule has 0 bridgehead atoms. The molecule has 1 aromatic carbocycles. The minimum absolute atomic E-state index is 0. The molecule has 1 aromatic rings. The molecule has 1 nitrogen and oxygen atoms in total. The molecular formula is C7H3BClF3KN. The molecule has 0 aliphatic rings. The fourth-order valence-electron chi connectivity index (χ4n) is 0.906. The van der Waals surface area contributed by atoms with E-state index in [1.54, 1.807) is 0 Å². The molecule has 7 heteroatoms. The summed E-state index contributed by atoms with van der Waals surface area (Å²) in [5.74, 6) is 0. The minimum atomic E-state index is -5.16. The summed E-state index contributed by atoms with van der Waals surface area (Å²) in [7, 11) is 0. The van der Waals surface area contributed by atoms with Crippen molar-refractivity contribution in [1.82, 2.24) is 0 Å². The van der Waals surface area contributed by atoms with Gasteiger partial charge >= 0.3 is 58.4 Å². The first-order valence-electron chi connectivity index (χ1n) is 3.34. The average Bonchev–Trinajstić information content (AvgIpc) is 2.03. The van der Waals surface area contributed by atoms with Gasteiger partial charge < -0.3 is 12.9 Å². The van der Waals surface area contributed by atoms with E-state index in [4.69, 9.17) is 16.9 Å². The molecule has 0 spiro atoms. The van der Waals surface area contributed by atoms with Gasteiger partial charge in [-0.15, -0.1) is 0 Å². The number of rotatable bonds is 1. The largest absolute Gasteiger partial charge is 1.00 e. The predicted octanol–water partition coefficient (Wildman–Crippen LogP) is -0.730. The Morgan fingerprint density at radius 1 is 1.29 bits per heavy atom. The van der Waals surface area contributed by atoms with Gasteiger partial charge in [-0.25, -0.2) is 0 Å². The number of nitriles is 1. The van der Waals surface area contributed by atoms with Crippen LogP contribution in [0.5, 0.6) is 0 Å². The number of hydrogen-bond acceptors (Lipinski definition) is 1. The van der Waals surface area contributed by atoms with E-state index in [0.717, 1.165) is 12.1 Å². The van der Waals surface area contributed by atoms with Gasteiger partial charge in [-0.3, -0.25) is 0 Å². The van der Waals surface area contributed by atoms with Crippen LogP contribution in [-0.4, -0.2) is 6.98 Å². The molecule has 68 valence electrons. The van der Waals surface area contributed by atoms with Gasteiger partial charge in [0.05, 0.1) is 6.07 Å². The molecule has 0 aliphatic carbocycles. The second-order valence-corrected chi connectivity index (χ2v) is 2.85. The van der Waals surface area contributed by atoms with Crippen LogP contribution in [0.1, 0.15) is 5.56 Å². The Labute approximate surface area is 127 Å². The van der Waals surface area contributed by atoms with Crippen molar-refractivity contribution >= 4 is 24.0 Å². The molecule has 0 saturated heterocycles. The first kappa shape index (κ1) is 14.5. The quantitative estimate of drug-likeness (QED) is 0.597. The number of halogens is 4. The fourth-order valence-corrected chi connectivity index (χ4v) is 1.09. The zero-order valence-corrected chi connectivity index (χ0v) is 11.1. The van der Waals surface area contributed by atoms with Crippen LogP contribution in [0.3, 0.4) is 0 Å². The standard InChI is InChI=1S/C7H3BClF3N.K/c9-6-2-1-5(4-13)7(3-6)8(10,11)12;/h1-3H;/q-1;+1. The van der Waals surface area contributed by atoms with E-state index in [-0.39, 0.29) is 56.4 Å². The number of benzene rings is 1. The van der Waals surface area contributed by atoms with Gasteiger partial charge in [-0.2, -0.15) is 5.26 Å². The second kappa shape index (κ2) is 5.54. The molecule has 1 rings (SSSR count). The summed E-state index contributed by atoms with van der Waals surface area (Å²) in [6.45, 7) is -5.16. The van der Waals surface area contributed by atoms with Crippen LogP contribution >= 0.6 is 11.6 Å². The van der Waals surface area contributed by atoms with Crippen LogP contribution in [0.15, 0.2) is 18.2 Å². The molecule has 0 heterocycles. The van der Waals surface area contributed by atoms with Crippen molar-refractivity contribution in [3.8, 4) is 6.07 Å². The van der Waals surface area contributed by atoms with Crippen molar-refractivity contribution in [3.63, 3.8) is 0 Å². The topological polar surface area (TPSA) is 23.8 Å². The molecular weight excluding hydrogens is 240 g/mol. The van der Waals surface area contributed by atoms with E-state index in [2.05, 4.69) is 0 Å². The number of nitrogens with zero attached hydrogens (tertiary/aromatic N) is 1. The molecule has 0 aromatic heterocycles. The summed E-state index contributed by atoms with van der Waals surface area (Å²) in [5, 5.41) is 8.37. The van der Waals surface area contributed by atoms with Crippen LogP contribution in [-0.2, 0) is 0 Å². The fraction of sp³-hybridized carbons (Fsp3) is 0. The zero-order valence-electron chi connectivity index (χ0n) is 7.27. The van der Waals surface area contributed by atoms with Crippen LogP contribution < -0.4 is 56.8 Å². The van der Waals surface area contributed by atoms with Crippen molar-refractivity contribution in [3.05, 3.63) is 28.8 Å². The van der Waals surface area contributed by atoms with Gasteiger partial charge in [0.15, 0.2) is 0 Å². The van der Waals surface area contributed by atoms with E-state index < -0.39 is 18.0 Å². The Balaban J connectivity index is 0.00000169. The van der Waals surface area contributed by atoms with Crippen molar-refractivity contribution in [2.24, 2.45) is 0 Å². The normalized spacial score (nSPS) is 10.2.